The maximum Gasteiger partial charge on any atom is 0.416 e. The quantitative estimate of drug-likeness (QED) is 0.153. The number of nitrogens with one attached hydrogen (secondary N) is 1. The number of benzene rings is 3. The lowest BCUT2D eigenvalue weighted by Gasteiger charge is -2.14. The number of carbonyl (C=O) groups is 1. The Hall–Kier alpha value is -4.56. The van der Waals surface area contributed by atoms with Crippen molar-refractivity contribution in [3.05, 3.63) is 92.0 Å². The molecule has 8 nitrogen and oxygen atoms in total. The molecule has 0 spiro atoms. The van der Waals surface area contributed by atoms with Gasteiger partial charge in [0.05, 0.1) is 22.6 Å². The van der Waals surface area contributed by atoms with E-state index < -0.39 is 34.0 Å². The first kappa shape index (κ1) is 27.0. The standard InChI is InChI=1S/C25H17ClF3N3O5/c1-14-5-3-4-6-19(14)31-24(33)16(13-30)9-15-10-18(26)23(22(11-15)36-2)37-21-8-7-17(25(27,28)29)12-20(21)32(34)35/h3-12H,1-2H3,(H,31,33)/b16-9+. The SMILES string of the molecule is COc1cc(/C=C(\C#N)C(=O)Nc2ccccc2C)cc(Cl)c1Oc1ccc(C(F)(F)F)cc1[N+](=O)[O-]. The van der Waals surface area contributed by atoms with Crippen LogP contribution in [0.2, 0.25) is 5.02 Å². The molecule has 0 unspecified atom stereocenters. The molecule has 0 atom stereocenters. The summed E-state index contributed by atoms with van der Waals surface area (Å²) in [7, 11) is 1.24. The Morgan fingerprint density at radius 2 is 1.86 bits per heavy atom. The fraction of sp³-hybridized carbons (Fsp3) is 0.120. The molecule has 0 aliphatic rings. The first-order valence-electron chi connectivity index (χ1n) is 10.3. The molecule has 0 radical (unpaired) electrons. The lowest BCUT2D eigenvalue weighted by Crippen LogP contribution is -2.14. The summed E-state index contributed by atoms with van der Waals surface area (Å²) < 4.78 is 49.7. The molecule has 0 saturated heterocycles. The number of aryl methyl sites for hydroxylation is 1. The van der Waals surface area contributed by atoms with Gasteiger partial charge in [0.2, 0.25) is 5.75 Å². The number of methoxy groups -OCH3 is 1. The molecule has 1 amide bonds. The van der Waals surface area contributed by atoms with E-state index >= 15 is 0 Å². The van der Waals surface area contributed by atoms with E-state index in [9.17, 15) is 33.3 Å². The molecule has 0 saturated carbocycles. The molecular weight excluding hydrogens is 515 g/mol. The van der Waals surface area contributed by atoms with Gasteiger partial charge in [-0.2, -0.15) is 18.4 Å². The second kappa shape index (κ2) is 11.0. The minimum absolute atomic E-state index is 0.0513. The predicted octanol–water partition coefficient (Wildman–Crippen LogP) is 6.92. The highest BCUT2D eigenvalue weighted by Crippen LogP contribution is 2.43. The summed E-state index contributed by atoms with van der Waals surface area (Å²) in [4.78, 5) is 23.0. The van der Waals surface area contributed by atoms with Crippen molar-refractivity contribution in [1.82, 2.24) is 0 Å². The van der Waals surface area contributed by atoms with Gasteiger partial charge in [-0.3, -0.25) is 14.9 Å². The molecular formula is C25H17ClF3N3O5. The third kappa shape index (κ3) is 6.36. The van der Waals surface area contributed by atoms with Crippen molar-refractivity contribution in [2.24, 2.45) is 0 Å². The molecule has 37 heavy (non-hydrogen) atoms. The first-order chi connectivity index (χ1) is 17.4. The van der Waals surface area contributed by atoms with Crippen LogP contribution in [0.1, 0.15) is 16.7 Å². The van der Waals surface area contributed by atoms with Crippen LogP contribution in [0.5, 0.6) is 17.2 Å². The van der Waals surface area contributed by atoms with Crippen molar-refractivity contribution in [3.8, 4) is 23.3 Å². The number of hydrogen-bond donors (Lipinski definition) is 1. The number of ether oxygens (including phenoxy) is 2. The van der Waals surface area contributed by atoms with Gasteiger partial charge in [-0.25, -0.2) is 0 Å². The number of halogens is 4. The number of amides is 1. The van der Waals surface area contributed by atoms with Gasteiger partial charge in [0.1, 0.15) is 11.6 Å². The van der Waals surface area contributed by atoms with Crippen LogP contribution >= 0.6 is 11.6 Å². The van der Waals surface area contributed by atoms with Crippen LogP contribution in [0.15, 0.2) is 60.2 Å². The number of alkyl halides is 3. The summed E-state index contributed by atoms with van der Waals surface area (Å²) in [6.07, 6.45) is -3.55. The van der Waals surface area contributed by atoms with Gasteiger partial charge in [0.25, 0.3) is 5.91 Å². The second-order valence-corrected chi connectivity index (χ2v) is 7.92. The van der Waals surface area contributed by atoms with E-state index in [4.69, 9.17) is 21.1 Å². The van der Waals surface area contributed by atoms with Gasteiger partial charge in [0.15, 0.2) is 11.5 Å². The normalized spacial score (nSPS) is 11.4. The number of rotatable bonds is 7. The molecule has 3 aromatic rings. The zero-order valence-corrected chi connectivity index (χ0v) is 20.0. The van der Waals surface area contributed by atoms with Crippen LogP contribution in [0.25, 0.3) is 6.08 Å². The van der Waals surface area contributed by atoms with Gasteiger partial charge in [-0.1, -0.05) is 29.8 Å². The maximum atomic E-state index is 13.0. The van der Waals surface area contributed by atoms with Crippen LogP contribution in [0.3, 0.4) is 0 Å². The van der Waals surface area contributed by atoms with Gasteiger partial charge >= 0.3 is 11.9 Å². The molecule has 1 N–H and O–H groups in total. The van der Waals surface area contributed by atoms with Crippen molar-refractivity contribution in [2.45, 2.75) is 13.1 Å². The van der Waals surface area contributed by atoms with Crippen LogP contribution in [-0.2, 0) is 11.0 Å². The Kier molecular flexibility index (Phi) is 8.04. The summed E-state index contributed by atoms with van der Waals surface area (Å²) in [6, 6.07) is 13.2. The average molecular weight is 532 g/mol. The van der Waals surface area contributed by atoms with E-state index in [2.05, 4.69) is 5.32 Å². The van der Waals surface area contributed by atoms with E-state index in [-0.39, 0.29) is 27.7 Å². The fourth-order valence-electron chi connectivity index (χ4n) is 3.17. The Morgan fingerprint density at radius 3 is 2.46 bits per heavy atom. The molecule has 0 heterocycles. The Bertz CT molecular complexity index is 1450. The fourth-order valence-corrected chi connectivity index (χ4v) is 3.43. The van der Waals surface area contributed by atoms with Gasteiger partial charge in [-0.05, 0) is 54.5 Å². The van der Waals surface area contributed by atoms with E-state index in [1.165, 1.54) is 25.3 Å². The number of hydrogen-bond acceptors (Lipinski definition) is 6. The van der Waals surface area contributed by atoms with Gasteiger partial charge in [0, 0.05) is 11.8 Å². The Morgan fingerprint density at radius 1 is 1.16 bits per heavy atom. The van der Waals surface area contributed by atoms with Crippen molar-refractivity contribution >= 4 is 35.0 Å². The zero-order valence-electron chi connectivity index (χ0n) is 19.2. The number of carbonyl (C=O) groups excluding carboxylic acids is 1. The average Bonchev–Trinajstić information content (AvgIpc) is 2.84. The molecule has 12 heteroatoms. The lowest BCUT2D eigenvalue weighted by molar-refractivity contribution is -0.385. The first-order valence-corrected chi connectivity index (χ1v) is 10.7. The summed E-state index contributed by atoms with van der Waals surface area (Å²) in [6.45, 7) is 1.79. The van der Waals surface area contributed by atoms with Crippen molar-refractivity contribution in [1.29, 1.82) is 5.26 Å². The monoisotopic (exact) mass is 531 g/mol. The molecule has 0 aliphatic heterocycles. The number of nitro groups is 1. The van der Waals surface area contributed by atoms with Crippen LogP contribution in [0, 0.1) is 28.4 Å². The highest BCUT2D eigenvalue weighted by atomic mass is 35.5. The smallest absolute Gasteiger partial charge is 0.416 e. The highest BCUT2D eigenvalue weighted by Gasteiger charge is 2.33. The summed E-state index contributed by atoms with van der Waals surface area (Å²) >= 11 is 6.29. The molecule has 3 aromatic carbocycles. The Labute approximate surface area is 213 Å². The van der Waals surface area contributed by atoms with Gasteiger partial charge < -0.3 is 14.8 Å². The highest BCUT2D eigenvalue weighted by molar-refractivity contribution is 6.32. The van der Waals surface area contributed by atoms with Crippen molar-refractivity contribution in [3.63, 3.8) is 0 Å². The molecule has 0 aliphatic carbocycles. The minimum Gasteiger partial charge on any atom is -0.493 e. The zero-order chi connectivity index (χ0) is 27.3. The van der Waals surface area contributed by atoms with Crippen LogP contribution in [0.4, 0.5) is 24.5 Å². The van der Waals surface area contributed by atoms with Gasteiger partial charge in [-0.15, -0.1) is 0 Å². The molecule has 0 fully saturated rings. The summed E-state index contributed by atoms with van der Waals surface area (Å²) in [5, 5.41) is 23.4. The molecule has 0 aromatic heterocycles. The predicted molar refractivity (Wildman–Crippen MR) is 130 cm³/mol. The molecule has 190 valence electrons. The van der Waals surface area contributed by atoms with E-state index in [1.807, 2.05) is 0 Å². The third-order valence-electron chi connectivity index (χ3n) is 5.02. The minimum atomic E-state index is -4.80. The number of para-hydroxylation sites is 1. The van der Waals surface area contributed by atoms with Crippen molar-refractivity contribution < 1.29 is 32.4 Å². The number of anilines is 1. The summed E-state index contributed by atoms with van der Waals surface area (Å²) in [5.74, 6) is -1.44. The molecule has 0 bridgehead atoms. The maximum absolute atomic E-state index is 13.0. The van der Waals surface area contributed by atoms with E-state index in [1.54, 1.807) is 37.3 Å². The van der Waals surface area contributed by atoms with Crippen LogP contribution < -0.4 is 14.8 Å². The van der Waals surface area contributed by atoms with E-state index in [0.717, 1.165) is 11.6 Å². The number of nitro benzene ring substituents is 1. The number of nitrogens with zero attached hydrogens (tertiary/aromatic N) is 2. The largest absolute Gasteiger partial charge is 0.493 e. The Balaban J connectivity index is 1.96. The van der Waals surface area contributed by atoms with Crippen molar-refractivity contribution in [2.75, 3.05) is 12.4 Å². The second-order valence-electron chi connectivity index (χ2n) is 7.51. The number of nitriles is 1. The lowest BCUT2D eigenvalue weighted by atomic mass is 10.1. The molecule has 3 rings (SSSR count). The topological polar surface area (TPSA) is 114 Å². The summed E-state index contributed by atoms with van der Waals surface area (Å²) in [5.41, 5.74) is -0.849. The third-order valence-corrected chi connectivity index (χ3v) is 5.30. The van der Waals surface area contributed by atoms with Crippen LogP contribution in [-0.4, -0.2) is 17.9 Å². The van der Waals surface area contributed by atoms with E-state index in [0.29, 0.717) is 17.8 Å².